The maximum Gasteiger partial charge on any atom is 0.273 e. The van der Waals surface area contributed by atoms with Gasteiger partial charge in [0, 0.05) is 25.2 Å². The number of hydrogen-bond acceptors (Lipinski definition) is 4. The van der Waals surface area contributed by atoms with Crippen molar-refractivity contribution >= 4 is 17.7 Å². The molecule has 8 heteroatoms. The van der Waals surface area contributed by atoms with Crippen LogP contribution >= 0.6 is 0 Å². The quantitative estimate of drug-likeness (QED) is 0.815. The molecule has 1 aromatic heterocycles. The van der Waals surface area contributed by atoms with Crippen LogP contribution in [0.25, 0.3) is 0 Å². The summed E-state index contributed by atoms with van der Waals surface area (Å²) in [4.78, 5) is 39.6. The Morgan fingerprint density at radius 2 is 2.00 bits per heavy atom. The fraction of sp³-hybridized carbons (Fsp3) is 0.667. The minimum atomic E-state index is -1.02. The summed E-state index contributed by atoms with van der Waals surface area (Å²) in [6.07, 6.45) is 4.21. The third-order valence-corrected chi connectivity index (χ3v) is 5.36. The van der Waals surface area contributed by atoms with Crippen LogP contribution in [0.3, 0.4) is 0 Å². The third kappa shape index (κ3) is 3.08. The second kappa shape index (κ2) is 7.09. The molecule has 2 N–H and O–H groups in total. The smallest absolute Gasteiger partial charge is 0.273 e. The molecule has 2 heterocycles. The lowest BCUT2D eigenvalue weighted by Crippen LogP contribution is -2.64. The van der Waals surface area contributed by atoms with E-state index in [2.05, 4.69) is 15.7 Å². The number of aromatic nitrogens is 2. The number of nitrogens with zero attached hydrogens (tertiary/aromatic N) is 3. The molecule has 3 rings (SSSR count). The molecular weight excluding hydrogens is 334 g/mol. The Bertz CT molecular complexity index is 722. The SMILES string of the molecule is CCNC(=O)c1cc2n(n1)CC(C)(C(=O)NC1CCCC1)N(CC)C2=O. The van der Waals surface area contributed by atoms with E-state index in [4.69, 9.17) is 0 Å². The van der Waals surface area contributed by atoms with Gasteiger partial charge in [0.25, 0.3) is 11.8 Å². The first-order chi connectivity index (χ1) is 12.4. The Balaban J connectivity index is 1.89. The number of carbonyl (C=O) groups excluding carboxylic acids is 3. The first kappa shape index (κ1) is 18.4. The molecule has 1 atom stereocenters. The average molecular weight is 361 g/mol. The molecule has 0 aromatic carbocycles. The number of rotatable bonds is 5. The highest BCUT2D eigenvalue weighted by Crippen LogP contribution is 2.28. The second-order valence-electron chi connectivity index (χ2n) is 7.21. The van der Waals surface area contributed by atoms with Gasteiger partial charge in [0.2, 0.25) is 5.91 Å². The summed E-state index contributed by atoms with van der Waals surface area (Å²) in [7, 11) is 0. The van der Waals surface area contributed by atoms with Gasteiger partial charge in [0.15, 0.2) is 5.69 Å². The summed E-state index contributed by atoms with van der Waals surface area (Å²) in [6.45, 7) is 6.58. The van der Waals surface area contributed by atoms with Crippen LogP contribution in [0.5, 0.6) is 0 Å². The van der Waals surface area contributed by atoms with Crippen molar-refractivity contribution in [1.82, 2.24) is 25.3 Å². The van der Waals surface area contributed by atoms with Gasteiger partial charge < -0.3 is 15.5 Å². The van der Waals surface area contributed by atoms with Gasteiger partial charge in [-0.3, -0.25) is 19.1 Å². The van der Waals surface area contributed by atoms with Crippen molar-refractivity contribution < 1.29 is 14.4 Å². The second-order valence-corrected chi connectivity index (χ2v) is 7.21. The van der Waals surface area contributed by atoms with E-state index in [0.717, 1.165) is 25.7 Å². The molecule has 0 saturated heterocycles. The molecule has 0 bridgehead atoms. The van der Waals surface area contributed by atoms with E-state index in [1.165, 1.54) is 10.7 Å². The molecule has 0 spiro atoms. The van der Waals surface area contributed by atoms with Gasteiger partial charge in [-0.25, -0.2) is 0 Å². The fourth-order valence-corrected chi connectivity index (χ4v) is 3.91. The zero-order valence-electron chi connectivity index (χ0n) is 15.7. The Morgan fingerprint density at radius 1 is 1.31 bits per heavy atom. The fourth-order valence-electron chi connectivity index (χ4n) is 3.91. The first-order valence-electron chi connectivity index (χ1n) is 9.39. The van der Waals surface area contributed by atoms with Crippen molar-refractivity contribution in [2.24, 2.45) is 0 Å². The van der Waals surface area contributed by atoms with Gasteiger partial charge in [-0.05, 0) is 33.6 Å². The van der Waals surface area contributed by atoms with Crippen molar-refractivity contribution in [3.8, 4) is 0 Å². The van der Waals surface area contributed by atoms with Gasteiger partial charge in [0.1, 0.15) is 11.2 Å². The van der Waals surface area contributed by atoms with E-state index >= 15 is 0 Å². The Hall–Kier alpha value is -2.38. The number of fused-ring (bicyclic) bond motifs is 1. The molecule has 2 aliphatic rings. The standard InChI is InChI=1S/C18H27N5O3/c1-4-19-15(24)13-10-14-16(25)22(5-2)18(3,11-23(14)21-13)17(26)20-12-8-6-7-9-12/h10,12H,4-9,11H2,1-3H3,(H,19,24)(H,20,26). The van der Waals surface area contributed by atoms with E-state index in [1.807, 2.05) is 13.8 Å². The predicted molar refractivity (Wildman–Crippen MR) is 95.7 cm³/mol. The summed E-state index contributed by atoms with van der Waals surface area (Å²) in [5, 5.41) is 10.1. The van der Waals surface area contributed by atoms with Crippen LogP contribution in [0.2, 0.25) is 0 Å². The lowest BCUT2D eigenvalue weighted by Gasteiger charge is -2.43. The number of likely N-dealkylation sites (N-methyl/N-ethyl adjacent to an activating group) is 1. The Kier molecular flexibility index (Phi) is 5.02. The van der Waals surface area contributed by atoms with Crippen LogP contribution < -0.4 is 10.6 Å². The highest BCUT2D eigenvalue weighted by atomic mass is 16.2. The summed E-state index contributed by atoms with van der Waals surface area (Å²) >= 11 is 0. The monoisotopic (exact) mass is 361 g/mol. The molecule has 8 nitrogen and oxygen atoms in total. The van der Waals surface area contributed by atoms with Gasteiger partial charge in [-0.2, -0.15) is 5.10 Å². The maximum absolute atomic E-state index is 13.0. The summed E-state index contributed by atoms with van der Waals surface area (Å²) in [5.74, 6) is -0.742. The van der Waals surface area contributed by atoms with Crippen molar-refractivity contribution in [2.75, 3.05) is 13.1 Å². The number of hydrogen-bond donors (Lipinski definition) is 2. The normalized spacial score (nSPS) is 23.0. The largest absolute Gasteiger partial charge is 0.351 e. The molecule has 142 valence electrons. The molecule has 1 unspecified atom stereocenters. The highest BCUT2D eigenvalue weighted by molar-refractivity contribution is 6.01. The minimum Gasteiger partial charge on any atom is -0.351 e. The van der Waals surface area contributed by atoms with E-state index in [0.29, 0.717) is 18.8 Å². The summed E-state index contributed by atoms with van der Waals surface area (Å²) < 4.78 is 1.49. The van der Waals surface area contributed by atoms with Crippen molar-refractivity contribution in [2.45, 2.75) is 64.6 Å². The molecule has 1 saturated carbocycles. The lowest BCUT2D eigenvalue weighted by molar-refractivity contribution is -0.133. The summed E-state index contributed by atoms with van der Waals surface area (Å²) in [5.41, 5.74) is -0.475. The van der Waals surface area contributed by atoms with Crippen molar-refractivity contribution in [3.05, 3.63) is 17.5 Å². The summed E-state index contributed by atoms with van der Waals surface area (Å²) in [6, 6.07) is 1.68. The molecule has 1 aliphatic carbocycles. The topological polar surface area (TPSA) is 96.3 Å². The van der Waals surface area contributed by atoms with Crippen LogP contribution in [0.4, 0.5) is 0 Å². The minimum absolute atomic E-state index is 0.152. The number of carbonyl (C=O) groups is 3. The van der Waals surface area contributed by atoms with Crippen LogP contribution in [-0.4, -0.2) is 57.1 Å². The Morgan fingerprint density at radius 3 is 2.62 bits per heavy atom. The average Bonchev–Trinajstić information content (AvgIpc) is 3.25. The molecule has 0 radical (unpaired) electrons. The van der Waals surface area contributed by atoms with Crippen LogP contribution in [-0.2, 0) is 11.3 Å². The van der Waals surface area contributed by atoms with Crippen molar-refractivity contribution in [1.29, 1.82) is 0 Å². The lowest BCUT2D eigenvalue weighted by atomic mass is 9.94. The molecule has 1 fully saturated rings. The van der Waals surface area contributed by atoms with Crippen molar-refractivity contribution in [3.63, 3.8) is 0 Å². The molecule has 3 amide bonds. The van der Waals surface area contributed by atoms with E-state index in [9.17, 15) is 14.4 Å². The third-order valence-electron chi connectivity index (χ3n) is 5.36. The zero-order valence-corrected chi connectivity index (χ0v) is 15.7. The van der Waals surface area contributed by atoms with Gasteiger partial charge >= 0.3 is 0 Å². The maximum atomic E-state index is 13.0. The first-order valence-corrected chi connectivity index (χ1v) is 9.39. The zero-order chi connectivity index (χ0) is 18.9. The van der Waals surface area contributed by atoms with Crippen LogP contribution in [0, 0.1) is 0 Å². The van der Waals surface area contributed by atoms with Gasteiger partial charge in [-0.15, -0.1) is 0 Å². The molecule has 1 aromatic rings. The Labute approximate surface area is 153 Å². The van der Waals surface area contributed by atoms with Gasteiger partial charge in [0.05, 0.1) is 6.54 Å². The van der Waals surface area contributed by atoms with Crippen LogP contribution in [0.15, 0.2) is 6.07 Å². The number of amides is 3. The molecular formula is C18H27N5O3. The number of nitrogens with one attached hydrogen (secondary N) is 2. The molecule has 26 heavy (non-hydrogen) atoms. The molecule has 1 aliphatic heterocycles. The van der Waals surface area contributed by atoms with E-state index in [-0.39, 0.29) is 36.0 Å². The van der Waals surface area contributed by atoms with E-state index in [1.54, 1.807) is 11.8 Å². The highest BCUT2D eigenvalue weighted by Gasteiger charge is 2.48. The van der Waals surface area contributed by atoms with E-state index < -0.39 is 5.54 Å². The van der Waals surface area contributed by atoms with Crippen LogP contribution in [0.1, 0.15) is 67.4 Å². The van der Waals surface area contributed by atoms with Gasteiger partial charge in [-0.1, -0.05) is 12.8 Å². The predicted octanol–water partition coefficient (Wildman–Crippen LogP) is 0.926.